The Morgan fingerprint density at radius 3 is 2.35 bits per heavy atom. The Labute approximate surface area is 151 Å². The molecule has 0 bridgehead atoms. The third-order valence-corrected chi connectivity index (χ3v) is 3.03. The van der Waals surface area contributed by atoms with Crippen LogP contribution in [-0.4, -0.2) is 68.6 Å². The maximum atomic E-state index is 12.0. The first-order valence-electron chi connectivity index (χ1n) is 8.07. The van der Waals surface area contributed by atoms with Crippen molar-refractivity contribution in [2.75, 3.05) is 33.5 Å². The summed E-state index contributed by atoms with van der Waals surface area (Å²) in [5, 5.41) is 9.08. The van der Waals surface area contributed by atoms with Gasteiger partial charge in [0.2, 0.25) is 0 Å². The highest BCUT2D eigenvalue weighted by atomic mass is 17.0. The highest BCUT2D eigenvalue weighted by molar-refractivity contribution is 5.78. The average Bonchev–Trinajstić information content (AvgIpc) is 2.56. The number of carbonyl (C=O) groups excluding carboxylic acids is 2. The number of carbonyl (C=O) groups is 2. The first kappa shape index (κ1) is 23.9. The molecule has 0 rings (SSSR count). The molecular weight excluding hydrogens is 354 g/mol. The van der Waals surface area contributed by atoms with Crippen molar-refractivity contribution >= 4 is 12.1 Å². The lowest BCUT2D eigenvalue weighted by Gasteiger charge is -2.28. The van der Waals surface area contributed by atoms with Gasteiger partial charge in [0, 0.05) is 7.11 Å². The Kier molecular flexibility index (Phi) is 11.2. The Morgan fingerprint density at radius 1 is 1.15 bits per heavy atom. The van der Waals surface area contributed by atoms with Gasteiger partial charge in [-0.05, 0) is 27.2 Å². The van der Waals surface area contributed by atoms with Crippen LogP contribution in [0.2, 0.25) is 0 Å². The van der Waals surface area contributed by atoms with Gasteiger partial charge in [-0.2, -0.15) is 0 Å². The molecule has 0 N–H and O–H groups in total. The smallest absolute Gasteiger partial charge is 0.461 e. The zero-order valence-corrected chi connectivity index (χ0v) is 15.7. The fraction of sp³-hybridized carbons (Fsp3) is 0.867. The summed E-state index contributed by atoms with van der Waals surface area (Å²) >= 11 is 0. The molecule has 26 heavy (non-hydrogen) atoms. The molecule has 0 aliphatic carbocycles. The summed E-state index contributed by atoms with van der Waals surface area (Å²) in [5.74, 6) is -0.568. The predicted molar refractivity (Wildman–Crippen MR) is 86.9 cm³/mol. The minimum Gasteiger partial charge on any atom is -0.461 e. The van der Waals surface area contributed by atoms with Gasteiger partial charge in [-0.3, -0.25) is 0 Å². The number of rotatable bonds is 13. The van der Waals surface area contributed by atoms with E-state index in [1.54, 1.807) is 20.8 Å². The van der Waals surface area contributed by atoms with Crippen molar-refractivity contribution in [1.82, 2.24) is 0 Å². The fourth-order valence-electron chi connectivity index (χ4n) is 1.65. The first-order valence-corrected chi connectivity index (χ1v) is 8.07. The normalized spacial score (nSPS) is 13.4. The van der Waals surface area contributed by atoms with Gasteiger partial charge in [-0.15, -0.1) is 10.1 Å². The average molecular weight is 381 g/mol. The van der Waals surface area contributed by atoms with Crippen LogP contribution in [0, 0.1) is 10.1 Å². The number of nitrogens with zero attached hydrogens (tertiary/aromatic N) is 1. The molecule has 11 heteroatoms. The van der Waals surface area contributed by atoms with Crippen molar-refractivity contribution in [2.45, 2.75) is 51.9 Å². The van der Waals surface area contributed by atoms with Gasteiger partial charge in [0.1, 0.15) is 25.9 Å². The van der Waals surface area contributed by atoms with Crippen LogP contribution in [0.5, 0.6) is 0 Å². The molecule has 0 amide bonds. The van der Waals surface area contributed by atoms with E-state index in [1.807, 2.05) is 0 Å². The zero-order valence-electron chi connectivity index (χ0n) is 15.7. The largest absolute Gasteiger partial charge is 0.508 e. The quantitative estimate of drug-likeness (QED) is 0.200. The molecule has 0 aromatic carbocycles. The van der Waals surface area contributed by atoms with E-state index in [4.69, 9.17) is 23.7 Å². The minimum atomic E-state index is -1.24. The highest BCUT2D eigenvalue weighted by Crippen LogP contribution is 2.17. The Hall–Kier alpha value is -2.14. The summed E-state index contributed by atoms with van der Waals surface area (Å²) in [7, 11) is 1.49. The second kappa shape index (κ2) is 12.3. The number of esters is 1. The molecule has 0 fully saturated rings. The summed E-state index contributed by atoms with van der Waals surface area (Å²) in [6.45, 7) is 6.10. The van der Waals surface area contributed by atoms with E-state index in [9.17, 15) is 19.7 Å². The van der Waals surface area contributed by atoms with E-state index in [-0.39, 0.29) is 19.8 Å². The van der Waals surface area contributed by atoms with E-state index in [0.29, 0.717) is 6.42 Å². The summed E-state index contributed by atoms with van der Waals surface area (Å²) in [5.41, 5.74) is -1.24. The molecule has 0 aliphatic heterocycles. The second-order valence-electron chi connectivity index (χ2n) is 5.80. The van der Waals surface area contributed by atoms with Crippen LogP contribution in [0.1, 0.15) is 34.1 Å². The molecule has 0 aliphatic rings. The standard InChI is InChI=1S/C15H27NO10/c1-6-12(26-15(3,4)13(17)22-8-7-21-5)10-23-14(18)25-11(2)9-24-16(19)20/h11-12H,6-10H2,1-5H3. The lowest BCUT2D eigenvalue weighted by molar-refractivity contribution is -0.759. The molecule has 0 aromatic rings. The summed E-state index contributed by atoms with van der Waals surface area (Å²) in [6, 6.07) is 0. The number of ether oxygens (including phenoxy) is 5. The van der Waals surface area contributed by atoms with Crippen molar-refractivity contribution in [3.8, 4) is 0 Å². The van der Waals surface area contributed by atoms with Crippen molar-refractivity contribution in [2.24, 2.45) is 0 Å². The molecule has 0 saturated heterocycles. The summed E-state index contributed by atoms with van der Waals surface area (Å²) < 4.78 is 25.2. The number of hydrogen-bond acceptors (Lipinski definition) is 10. The maximum absolute atomic E-state index is 12.0. The van der Waals surface area contributed by atoms with Crippen molar-refractivity contribution in [1.29, 1.82) is 0 Å². The Bertz CT molecular complexity index is 454. The van der Waals surface area contributed by atoms with Crippen LogP contribution < -0.4 is 0 Å². The minimum absolute atomic E-state index is 0.103. The van der Waals surface area contributed by atoms with Crippen LogP contribution in [0.25, 0.3) is 0 Å². The molecule has 152 valence electrons. The third-order valence-electron chi connectivity index (χ3n) is 3.03. The molecule has 0 spiro atoms. The predicted octanol–water partition coefficient (Wildman–Crippen LogP) is 1.50. The molecular formula is C15H27NO10. The Balaban J connectivity index is 4.33. The number of hydrogen-bond donors (Lipinski definition) is 0. The van der Waals surface area contributed by atoms with Gasteiger partial charge in [0.25, 0.3) is 5.09 Å². The molecule has 0 aromatic heterocycles. The lowest BCUT2D eigenvalue weighted by Crippen LogP contribution is -2.42. The first-order chi connectivity index (χ1) is 12.1. The third kappa shape index (κ3) is 10.7. The topological polar surface area (TPSA) is 133 Å². The van der Waals surface area contributed by atoms with Crippen molar-refractivity contribution in [3.63, 3.8) is 0 Å². The van der Waals surface area contributed by atoms with Crippen molar-refractivity contribution in [3.05, 3.63) is 10.1 Å². The van der Waals surface area contributed by atoms with Gasteiger partial charge >= 0.3 is 12.1 Å². The monoisotopic (exact) mass is 381 g/mol. The van der Waals surface area contributed by atoms with Crippen molar-refractivity contribution < 1.29 is 43.2 Å². The molecule has 0 saturated carbocycles. The van der Waals surface area contributed by atoms with Gasteiger partial charge in [0.15, 0.2) is 5.60 Å². The number of methoxy groups -OCH3 is 1. The van der Waals surface area contributed by atoms with Gasteiger partial charge in [0.05, 0.1) is 12.7 Å². The zero-order chi connectivity index (χ0) is 20.2. The summed E-state index contributed by atoms with van der Waals surface area (Å²) in [6.07, 6.45) is -1.99. The van der Waals surface area contributed by atoms with Crippen LogP contribution in [0.4, 0.5) is 4.79 Å². The summed E-state index contributed by atoms with van der Waals surface area (Å²) in [4.78, 5) is 37.7. The SMILES string of the molecule is CCC(COC(=O)OC(C)CO[N+](=O)[O-])OC(C)(C)C(=O)OCCOC. The molecule has 2 atom stereocenters. The molecule has 0 radical (unpaired) electrons. The van der Waals surface area contributed by atoms with E-state index in [2.05, 4.69) is 4.84 Å². The lowest BCUT2D eigenvalue weighted by atomic mass is 10.1. The van der Waals surface area contributed by atoms with Gasteiger partial charge < -0.3 is 28.5 Å². The molecule has 2 unspecified atom stereocenters. The van der Waals surface area contributed by atoms with E-state index in [0.717, 1.165) is 0 Å². The van der Waals surface area contributed by atoms with Gasteiger partial charge in [-0.1, -0.05) is 6.92 Å². The van der Waals surface area contributed by atoms with Crippen LogP contribution in [-0.2, 0) is 33.3 Å². The van der Waals surface area contributed by atoms with E-state index < -0.39 is 41.6 Å². The van der Waals surface area contributed by atoms with E-state index in [1.165, 1.54) is 14.0 Å². The Morgan fingerprint density at radius 2 is 1.81 bits per heavy atom. The van der Waals surface area contributed by atoms with Crippen LogP contribution >= 0.6 is 0 Å². The van der Waals surface area contributed by atoms with Crippen LogP contribution in [0.15, 0.2) is 0 Å². The van der Waals surface area contributed by atoms with Gasteiger partial charge in [-0.25, -0.2) is 9.59 Å². The maximum Gasteiger partial charge on any atom is 0.508 e. The molecule has 11 nitrogen and oxygen atoms in total. The van der Waals surface area contributed by atoms with E-state index >= 15 is 0 Å². The molecule has 0 heterocycles. The second-order valence-corrected chi connectivity index (χ2v) is 5.80. The fourth-order valence-corrected chi connectivity index (χ4v) is 1.65. The van der Waals surface area contributed by atoms with Crippen LogP contribution in [0.3, 0.4) is 0 Å². The highest BCUT2D eigenvalue weighted by Gasteiger charge is 2.33.